The summed E-state index contributed by atoms with van der Waals surface area (Å²) >= 11 is 0. The van der Waals surface area contributed by atoms with Gasteiger partial charge in [0.1, 0.15) is 5.82 Å². The highest BCUT2D eigenvalue weighted by Crippen LogP contribution is 2.30. The standard InChI is InChI=1S/C22H22N4O/c1-13-8-9-17(10-15(13)3)12-23-21-19(22-24-16(4)27-26-22)11-18-7-5-6-14(2)20(18)25-21/h5-11H,12H2,1-4H3,(H,23,25). The molecule has 2 heterocycles. The van der Waals surface area contributed by atoms with Crippen LogP contribution in [0.3, 0.4) is 0 Å². The van der Waals surface area contributed by atoms with Crippen molar-refractivity contribution in [2.75, 3.05) is 5.32 Å². The summed E-state index contributed by atoms with van der Waals surface area (Å²) < 4.78 is 5.18. The van der Waals surface area contributed by atoms with Gasteiger partial charge in [-0.15, -0.1) is 0 Å². The van der Waals surface area contributed by atoms with Crippen molar-refractivity contribution in [3.63, 3.8) is 0 Å². The molecule has 0 fully saturated rings. The zero-order valence-electron chi connectivity index (χ0n) is 16.0. The van der Waals surface area contributed by atoms with E-state index in [-0.39, 0.29) is 0 Å². The van der Waals surface area contributed by atoms with Gasteiger partial charge in [0.25, 0.3) is 0 Å². The maximum atomic E-state index is 5.18. The molecule has 0 aliphatic carbocycles. The summed E-state index contributed by atoms with van der Waals surface area (Å²) in [7, 11) is 0. The molecule has 0 radical (unpaired) electrons. The molecule has 4 rings (SSSR count). The van der Waals surface area contributed by atoms with Crippen LogP contribution in [-0.2, 0) is 6.54 Å². The third kappa shape index (κ3) is 3.40. The minimum atomic E-state index is 0.537. The van der Waals surface area contributed by atoms with Crippen LogP contribution in [0.1, 0.15) is 28.1 Å². The Balaban J connectivity index is 1.76. The molecule has 5 heteroatoms. The van der Waals surface area contributed by atoms with Gasteiger partial charge in [0, 0.05) is 18.9 Å². The van der Waals surface area contributed by atoms with Crippen molar-refractivity contribution in [3.8, 4) is 11.4 Å². The average molecular weight is 358 g/mol. The molecule has 0 spiro atoms. The third-order valence-corrected chi connectivity index (χ3v) is 4.85. The Labute approximate surface area is 158 Å². The largest absolute Gasteiger partial charge is 0.365 e. The quantitative estimate of drug-likeness (QED) is 0.548. The topological polar surface area (TPSA) is 63.8 Å². The predicted octanol–water partition coefficient (Wildman–Crippen LogP) is 5.13. The smallest absolute Gasteiger partial charge is 0.223 e. The van der Waals surface area contributed by atoms with Crippen LogP contribution in [0.4, 0.5) is 5.82 Å². The zero-order chi connectivity index (χ0) is 19.0. The lowest BCUT2D eigenvalue weighted by atomic mass is 10.1. The van der Waals surface area contributed by atoms with E-state index in [2.05, 4.69) is 72.6 Å². The number of nitrogens with zero attached hydrogens (tertiary/aromatic N) is 3. The first-order chi connectivity index (χ1) is 13.0. The first kappa shape index (κ1) is 17.2. The van der Waals surface area contributed by atoms with Gasteiger partial charge >= 0.3 is 0 Å². The first-order valence-corrected chi connectivity index (χ1v) is 9.02. The minimum Gasteiger partial charge on any atom is -0.365 e. The van der Waals surface area contributed by atoms with Crippen molar-refractivity contribution in [1.82, 2.24) is 15.1 Å². The van der Waals surface area contributed by atoms with Gasteiger partial charge in [0.15, 0.2) is 0 Å². The molecule has 0 saturated carbocycles. The number of hydrogen-bond acceptors (Lipinski definition) is 5. The molecule has 0 unspecified atom stereocenters. The van der Waals surface area contributed by atoms with Crippen molar-refractivity contribution in [1.29, 1.82) is 0 Å². The molecule has 0 bridgehead atoms. The maximum absolute atomic E-state index is 5.18. The summed E-state index contributed by atoms with van der Waals surface area (Å²) in [4.78, 5) is 9.28. The molecule has 1 N–H and O–H groups in total. The highest BCUT2D eigenvalue weighted by Gasteiger charge is 2.15. The number of para-hydroxylation sites is 1. The molecule has 0 atom stereocenters. The summed E-state index contributed by atoms with van der Waals surface area (Å²) in [6.45, 7) is 8.79. The number of aryl methyl sites for hydroxylation is 4. The van der Waals surface area contributed by atoms with Crippen molar-refractivity contribution in [3.05, 3.63) is 70.6 Å². The van der Waals surface area contributed by atoms with E-state index in [0.29, 0.717) is 18.3 Å². The predicted molar refractivity (Wildman–Crippen MR) is 108 cm³/mol. The van der Waals surface area contributed by atoms with Crippen LogP contribution in [0.15, 0.2) is 47.0 Å². The number of rotatable bonds is 4. The van der Waals surface area contributed by atoms with Gasteiger partial charge in [-0.2, -0.15) is 4.98 Å². The lowest BCUT2D eigenvalue weighted by Gasteiger charge is -2.13. The lowest BCUT2D eigenvalue weighted by molar-refractivity contribution is 0.394. The Bertz CT molecular complexity index is 1130. The molecule has 0 amide bonds. The van der Waals surface area contributed by atoms with Crippen LogP contribution in [0.25, 0.3) is 22.3 Å². The maximum Gasteiger partial charge on any atom is 0.223 e. The fourth-order valence-electron chi connectivity index (χ4n) is 3.16. The molecule has 0 saturated heterocycles. The number of aromatic nitrogens is 3. The average Bonchev–Trinajstić information content (AvgIpc) is 3.09. The van der Waals surface area contributed by atoms with Gasteiger partial charge in [-0.25, -0.2) is 4.98 Å². The molecule has 5 nitrogen and oxygen atoms in total. The van der Waals surface area contributed by atoms with Gasteiger partial charge in [0.05, 0.1) is 11.1 Å². The Morgan fingerprint density at radius 1 is 0.889 bits per heavy atom. The summed E-state index contributed by atoms with van der Waals surface area (Å²) in [5.74, 6) is 1.84. The molecule has 2 aromatic heterocycles. The highest BCUT2D eigenvalue weighted by molar-refractivity contribution is 5.89. The summed E-state index contributed by atoms with van der Waals surface area (Å²) in [5.41, 5.74) is 6.74. The normalized spacial score (nSPS) is 11.1. The van der Waals surface area contributed by atoms with Crippen molar-refractivity contribution in [2.24, 2.45) is 0 Å². The van der Waals surface area contributed by atoms with Gasteiger partial charge in [-0.3, -0.25) is 0 Å². The summed E-state index contributed by atoms with van der Waals surface area (Å²) in [6.07, 6.45) is 0. The van der Waals surface area contributed by atoms with Crippen LogP contribution in [-0.4, -0.2) is 15.1 Å². The minimum absolute atomic E-state index is 0.537. The van der Waals surface area contributed by atoms with E-state index in [0.717, 1.165) is 27.8 Å². The fourth-order valence-corrected chi connectivity index (χ4v) is 3.16. The number of benzene rings is 2. The van der Waals surface area contributed by atoms with E-state index in [9.17, 15) is 0 Å². The van der Waals surface area contributed by atoms with Gasteiger partial charge < -0.3 is 9.84 Å². The monoisotopic (exact) mass is 358 g/mol. The second kappa shape index (κ2) is 6.83. The van der Waals surface area contributed by atoms with E-state index < -0.39 is 0 Å². The number of hydrogen-bond donors (Lipinski definition) is 1. The second-order valence-corrected chi connectivity index (χ2v) is 6.94. The molecule has 4 aromatic rings. The molecule has 0 aliphatic rings. The number of pyridine rings is 1. The van der Waals surface area contributed by atoms with Gasteiger partial charge in [-0.05, 0) is 49.1 Å². The third-order valence-electron chi connectivity index (χ3n) is 4.85. The van der Waals surface area contributed by atoms with E-state index >= 15 is 0 Å². The van der Waals surface area contributed by atoms with Crippen LogP contribution in [0.2, 0.25) is 0 Å². The fraction of sp³-hybridized carbons (Fsp3) is 0.227. The van der Waals surface area contributed by atoms with E-state index in [1.165, 1.54) is 16.7 Å². The molecule has 2 aromatic carbocycles. The lowest BCUT2D eigenvalue weighted by Crippen LogP contribution is -2.05. The van der Waals surface area contributed by atoms with Gasteiger partial charge in [0.2, 0.25) is 11.7 Å². The van der Waals surface area contributed by atoms with Crippen molar-refractivity contribution < 1.29 is 4.52 Å². The number of anilines is 1. The Morgan fingerprint density at radius 3 is 2.48 bits per heavy atom. The summed E-state index contributed by atoms with van der Waals surface area (Å²) in [6, 6.07) is 14.7. The molecular weight excluding hydrogens is 336 g/mol. The Hall–Kier alpha value is -3.21. The molecule has 0 aliphatic heterocycles. The van der Waals surface area contributed by atoms with Crippen molar-refractivity contribution >= 4 is 16.7 Å². The molecule has 136 valence electrons. The zero-order valence-corrected chi connectivity index (χ0v) is 16.0. The van der Waals surface area contributed by atoms with E-state index in [1.807, 2.05) is 6.07 Å². The molecule has 27 heavy (non-hydrogen) atoms. The Morgan fingerprint density at radius 2 is 1.74 bits per heavy atom. The number of nitrogens with one attached hydrogen (secondary N) is 1. The second-order valence-electron chi connectivity index (χ2n) is 6.94. The first-order valence-electron chi connectivity index (χ1n) is 9.02. The van der Waals surface area contributed by atoms with Crippen molar-refractivity contribution in [2.45, 2.75) is 34.2 Å². The summed E-state index contributed by atoms with van der Waals surface area (Å²) in [5, 5.41) is 8.62. The van der Waals surface area contributed by atoms with Crippen LogP contribution >= 0.6 is 0 Å². The van der Waals surface area contributed by atoms with Crippen LogP contribution in [0.5, 0.6) is 0 Å². The van der Waals surface area contributed by atoms with Crippen LogP contribution in [0, 0.1) is 27.7 Å². The highest BCUT2D eigenvalue weighted by atomic mass is 16.5. The van der Waals surface area contributed by atoms with Gasteiger partial charge in [-0.1, -0.05) is 41.6 Å². The molecular formula is C22H22N4O. The SMILES string of the molecule is Cc1nc(-c2cc3cccc(C)c3nc2NCc2ccc(C)c(C)c2)no1. The van der Waals surface area contributed by atoms with E-state index in [1.54, 1.807) is 6.92 Å². The Kier molecular flexibility index (Phi) is 4.36. The van der Waals surface area contributed by atoms with Crippen LogP contribution < -0.4 is 5.32 Å². The number of fused-ring (bicyclic) bond motifs is 1. The van der Waals surface area contributed by atoms with E-state index in [4.69, 9.17) is 9.51 Å².